The van der Waals surface area contributed by atoms with Crippen molar-refractivity contribution in [2.24, 2.45) is 0 Å². The molecule has 0 saturated heterocycles. The summed E-state index contributed by atoms with van der Waals surface area (Å²) in [5, 5.41) is 12.2. The lowest BCUT2D eigenvalue weighted by atomic mass is 10.1. The van der Waals surface area contributed by atoms with E-state index in [9.17, 15) is 4.79 Å². The fourth-order valence-electron chi connectivity index (χ4n) is 1.75. The zero-order valence-corrected chi connectivity index (χ0v) is 10.3. The van der Waals surface area contributed by atoms with Gasteiger partial charge in [-0.2, -0.15) is 0 Å². The molecule has 0 atom stereocenters. The van der Waals surface area contributed by atoms with E-state index in [1.807, 2.05) is 23.8 Å². The highest BCUT2D eigenvalue weighted by atomic mass is 16.4. The summed E-state index contributed by atoms with van der Waals surface area (Å²) < 4.78 is 1.94. The molecular weight excluding hydrogens is 230 g/mol. The molecule has 0 aliphatic carbocycles. The predicted molar refractivity (Wildman–Crippen MR) is 69.3 cm³/mol. The number of aromatic carboxylic acids is 1. The first-order valence-corrected chi connectivity index (χ1v) is 5.74. The van der Waals surface area contributed by atoms with Crippen molar-refractivity contribution < 1.29 is 9.90 Å². The fraction of sp³-hybridized carbons (Fsp3) is 0.231. The molecule has 0 aliphatic heterocycles. The van der Waals surface area contributed by atoms with Crippen LogP contribution in [-0.4, -0.2) is 20.6 Å². The van der Waals surface area contributed by atoms with Crippen LogP contribution in [0.2, 0.25) is 0 Å². The Morgan fingerprint density at radius 3 is 2.94 bits per heavy atom. The summed E-state index contributed by atoms with van der Waals surface area (Å²) in [4.78, 5) is 15.2. The number of hydrogen-bond acceptors (Lipinski definition) is 3. The summed E-state index contributed by atoms with van der Waals surface area (Å²) in [6.07, 6.45) is 3.58. The average Bonchev–Trinajstić information content (AvgIpc) is 2.78. The normalized spacial score (nSPS) is 10.3. The summed E-state index contributed by atoms with van der Waals surface area (Å²) >= 11 is 0. The van der Waals surface area contributed by atoms with Crippen molar-refractivity contribution in [2.45, 2.75) is 20.4 Å². The van der Waals surface area contributed by atoms with E-state index >= 15 is 0 Å². The standard InChI is InChI=1S/C13H15N3O2/c1-3-16-7-6-14-13(16)15-10-5-4-9(2)11(8-10)12(17)18/h4-8H,3H2,1-2H3,(H,14,15)(H,17,18). The highest BCUT2D eigenvalue weighted by Crippen LogP contribution is 2.19. The van der Waals surface area contributed by atoms with Crippen LogP contribution >= 0.6 is 0 Å². The summed E-state index contributed by atoms with van der Waals surface area (Å²) in [6.45, 7) is 4.60. The smallest absolute Gasteiger partial charge is 0.336 e. The number of nitrogens with zero attached hydrogens (tertiary/aromatic N) is 2. The molecule has 18 heavy (non-hydrogen) atoms. The van der Waals surface area contributed by atoms with Crippen molar-refractivity contribution in [3.8, 4) is 0 Å². The molecule has 0 aliphatic rings. The molecule has 0 radical (unpaired) electrons. The maximum absolute atomic E-state index is 11.1. The number of rotatable bonds is 4. The zero-order valence-electron chi connectivity index (χ0n) is 10.3. The molecule has 0 amide bonds. The second-order valence-electron chi connectivity index (χ2n) is 4.00. The highest BCUT2D eigenvalue weighted by molar-refractivity contribution is 5.90. The molecule has 2 rings (SSSR count). The van der Waals surface area contributed by atoms with Gasteiger partial charge in [-0.1, -0.05) is 6.07 Å². The number of hydrogen-bond donors (Lipinski definition) is 2. The Kier molecular flexibility index (Phi) is 3.32. The van der Waals surface area contributed by atoms with E-state index in [2.05, 4.69) is 10.3 Å². The minimum Gasteiger partial charge on any atom is -0.478 e. The minimum absolute atomic E-state index is 0.301. The Bertz CT molecular complexity index is 575. The van der Waals surface area contributed by atoms with Crippen LogP contribution < -0.4 is 5.32 Å². The van der Waals surface area contributed by atoms with Crippen molar-refractivity contribution in [2.75, 3.05) is 5.32 Å². The average molecular weight is 245 g/mol. The lowest BCUT2D eigenvalue weighted by Gasteiger charge is -2.09. The van der Waals surface area contributed by atoms with E-state index in [0.717, 1.165) is 17.8 Å². The van der Waals surface area contributed by atoms with E-state index in [4.69, 9.17) is 5.11 Å². The Hall–Kier alpha value is -2.30. The molecule has 0 bridgehead atoms. The minimum atomic E-state index is -0.921. The molecule has 0 saturated carbocycles. The third-order valence-electron chi connectivity index (χ3n) is 2.78. The monoisotopic (exact) mass is 245 g/mol. The molecular formula is C13H15N3O2. The van der Waals surface area contributed by atoms with Crippen LogP contribution in [-0.2, 0) is 6.54 Å². The fourth-order valence-corrected chi connectivity index (χ4v) is 1.75. The molecule has 0 unspecified atom stereocenters. The first kappa shape index (κ1) is 12.2. The van der Waals surface area contributed by atoms with Crippen molar-refractivity contribution in [3.63, 3.8) is 0 Å². The van der Waals surface area contributed by atoms with Crippen LogP contribution in [0.1, 0.15) is 22.8 Å². The number of aryl methyl sites for hydroxylation is 2. The van der Waals surface area contributed by atoms with Crippen LogP contribution in [0.3, 0.4) is 0 Å². The van der Waals surface area contributed by atoms with E-state index in [1.54, 1.807) is 25.3 Å². The number of nitrogens with one attached hydrogen (secondary N) is 1. The van der Waals surface area contributed by atoms with Gasteiger partial charge < -0.3 is 15.0 Å². The molecule has 1 heterocycles. The molecule has 2 N–H and O–H groups in total. The number of carboxylic acid groups (broad SMARTS) is 1. The molecule has 5 nitrogen and oxygen atoms in total. The lowest BCUT2D eigenvalue weighted by molar-refractivity contribution is 0.0696. The van der Waals surface area contributed by atoms with E-state index < -0.39 is 5.97 Å². The zero-order chi connectivity index (χ0) is 13.1. The first-order chi connectivity index (χ1) is 8.61. The Morgan fingerprint density at radius 2 is 2.28 bits per heavy atom. The van der Waals surface area contributed by atoms with E-state index in [1.165, 1.54) is 0 Å². The van der Waals surface area contributed by atoms with Crippen molar-refractivity contribution >= 4 is 17.6 Å². The third-order valence-corrected chi connectivity index (χ3v) is 2.78. The number of benzene rings is 1. The van der Waals surface area contributed by atoms with Gasteiger partial charge >= 0.3 is 5.97 Å². The Balaban J connectivity index is 2.30. The van der Waals surface area contributed by atoms with Crippen LogP contribution in [0.5, 0.6) is 0 Å². The summed E-state index contributed by atoms with van der Waals surface area (Å²) in [6, 6.07) is 5.24. The molecule has 1 aromatic carbocycles. The molecule has 0 fully saturated rings. The van der Waals surface area contributed by atoms with Gasteiger partial charge in [0.15, 0.2) is 0 Å². The Labute approximate surface area is 105 Å². The van der Waals surface area contributed by atoms with Crippen molar-refractivity contribution in [1.82, 2.24) is 9.55 Å². The van der Waals surface area contributed by atoms with Gasteiger partial charge in [0, 0.05) is 24.6 Å². The summed E-state index contributed by atoms with van der Waals surface area (Å²) in [5.74, 6) is -0.215. The quantitative estimate of drug-likeness (QED) is 0.869. The van der Waals surface area contributed by atoms with Gasteiger partial charge in [-0.15, -0.1) is 0 Å². The SMILES string of the molecule is CCn1ccnc1Nc1ccc(C)c(C(=O)O)c1. The molecule has 94 valence electrons. The van der Waals surface area contributed by atoms with Gasteiger partial charge in [0.2, 0.25) is 5.95 Å². The van der Waals surface area contributed by atoms with Crippen molar-refractivity contribution in [3.05, 3.63) is 41.7 Å². The maximum Gasteiger partial charge on any atom is 0.336 e. The lowest BCUT2D eigenvalue weighted by Crippen LogP contribution is -2.04. The van der Waals surface area contributed by atoms with Crippen molar-refractivity contribution in [1.29, 1.82) is 0 Å². The van der Waals surface area contributed by atoms with E-state index in [0.29, 0.717) is 11.5 Å². The molecule has 0 spiro atoms. The molecule has 5 heteroatoms. The van der Waals surface area contributed by atoms with Gasteiger partial charge in [-0.25, -0.2) is 9.78 Å². The topological polar surface area (TPSA) is 67.2 Å². The van der Waals surface area contributed by atoms with Gasteiger partial charge in [0.25, 0.3) is 0 Å². The highest BCUT2D eigenvalue weighted by Gasteiger charge is 2.09. The molecule has 1 aromatic heterocycles. The predicted octanol–water partition coefficient (Wildman–Crippen LogP) is 2.65. The van der Waals surface area contributed by atoms with Gasteiger partial charge in [-0.05, 0) is 31.5 Å². The number of carbonyl (C=O) groups is 1. The second kappa shape index (κ2) is 4.91. The first-order valence-electron chi connectivity index (χ1n) is 5.74. The van der Waals surface area contributed by atoms with Crippen LogP contribution in [0.4, 0.5) is 11.6 Å². The third kappa shape index (κ3) is 2.34. The molecule has 2 aromatic rings. The maximum atomic E-state index is 11.1. The van der Waals surface area contributed by atoms with Gasteiger partial charge in [0.1, 0.15) is 0 Å². The van der Waals surface area contributed by atoms with Crippen LogP contribution in [0.15, 0.2) is 30.6 Å². The number of imidazole rings is 1. The number of aromatic nitrogens is 2. The van der Waals surface area contributed by atoms with Gasteiger partial charge in [-0.3, -0.25) is 0 Å². The van der Waals surface area contributed by atoms with E-state index in [-0.39, 0.29) is 0 Å². The number of carboxylic acids is 1. The Morgan fingerprint density at radius 1 is 1.50 bits per heavy atom. The van der Waals surface area contributed by atoms with Gasteiger partial charge in [0.05, 0.1) is 5.56 Å². The largest absolute Gasteiger partial charge is 0.478 e. The summed E-state index contributed by atoms with van der Waals surface area (Å²) in [5.41, 5.74) is 1.76. The van der Waals surface area contributed by atoms with Crippen LogP contribution in [0, 0.1) is 6.92 Å². The number of anilines is 2. The van der Waals surface area contributed by atoms with Crippen LogP contribution in [0.25, 0.3) is 0 Å². The second-order valence-corrected chi connectivity index (χ2v) is 4.00. The summed E-state index contributed by atoms with van der Waals surface area (Å²) in [7, 11) is 0.